The van der Waals surface area contributed by atoms with Gasteiger partial charge in [0.15, 0.2) is 0 Å². The Labute approximate surface area is 81.9 Å². The minimum absolute atomic E-state index is 0.103. The Bertz CT molecular complexity index is 488. The highest BCUT2D eigenvalue weighted by atomic mass is 32.2. The number of benzene rings is 1. The molecule has 1 aromatic carbocycles. The molecule has 1 rings (SSSR count). The van der Waals surface area contributed by atoms with Crippen LogP contribution >= 0.6 is 0 Å². The van der Waals surface area contributed by atoms with Crippen molar-refractivity contribution < 1.29 is 12.8 Å². The Morgan fingerprint density at radius 1 is 1.50 bits per heavy atom. The lowest BCUT2D eigenvalue weighted by molar-refractivity contribution is 0.592. The number of hydrogen-bond acceptors (Lipinski definition) is 2. The summed E-state index contributed by atoms with van der Waals surface area (Å²) in [5, 5.41) is 0. The summed E-state index contributed by atoms with van der Waals surface area (Å²) in [5.74, 6) is -1.25. The maximum absolute atomic E-state index is 12.8. The number of halogens is 1. The van der Waals surface area contributed by atoms with E-state index in [4.69, 9.17) is 6.57 Å². The van der Waals surface area contributed by atoms with Crippen molar-refractivity contribution in [3.05, 3.63) is 41.0 Å². The molecule has 0 heterocycles. The summed E-state index contributed by atoms with van der Waals surface area (Å²) in [7, 11) is -3.66. The van der Waals surface area contributed by atoms with Gasteiger partial charge in [0.2, 0.25) is 0 Å². The number of rotatable bonds is 2. The lowest BCUT2D eigenvalue weighted by atomic mass is 10.2. The normalized spacial score (nSPS) is 10.9. The number of aryl methyl sites for hydroxylation is 1. The molecule has 0 aromatic heterocycles. The van der Waals surface area contributed by atoms with Gasteiger partial charge in [-0.2, -0.15) is 0 Å². The van der Waals surface area contributed by atoms with Crippen molar-refractivity contribution in [3.63, 3.8) is 0 Å². The zero-order valence-electron chi connectivity index (χ0n) is 7.49. The van der Waals surface area contributed by atoms with E-state index in [2.05, 4.69) is 4.85 Å². The van der Waals surface area contributed by atoms with Gasteiger partial charge in [0.05, 0.1) is 4.90 Å². The van der Waals surface area contributed by atoms with Crippen molar-refractivity contribution in [3.8, 4) is 0 Å². The van der Waals surface area contributed by atoms with Crippen molar-refractivity contribution in [2.24, 2.45) is 0 Å². The lowest BCUT2D eigenvalue weighted by Crippen LogP contribution is -2.06. The molecule has 0 amide bonds. The minimum atomic E-state index is -3.66. The summed E-state index contributed by atoms with van der Waals surface area (Å²) in [6.45, 7) is 8.05. The minimum Gasteiger partial charge on any atom is -0.299 e. The van der Waals surface area contributed by atoms with E-state index >= 15 is 0 Å². The van der Waals surface area contributed by atoms with E-state index in [0.29, 0.717) is 5.56 Å². The zero-order valence-corrected chi connectivity index (χ0v) is 8.31. The maximum Gasteiger partial charge on any atom is 0.316 e. The van der Waals surface area contributed by atoms with Crippen molar-refractivity contribution >= 4 is 9.84 Å². The summed E-state index contributed by atoms with van der Waals surface area (Å²) in [6.07, 6.45) is 0. The van der Waals surface area contributed by atoms with Crippen LogP contribution in [-0.2, 0) is 9.84 Å². The monoisotopic (exact) mass is 213 g/mol. The van der Waals surface area contributed by atoms with Gasteiger partial charge in [-0.3, -0.25) is 4.85 Å². The van der Waals surface area contributed by atoms with Gasteiger partial charge in [-0.1, -0.05) is 6.07 Å². The fourth-order valence-electron chi connectivity index (χ4n) is 1.06. The second kappa shape index (κ2) is 3.76. The van der Waals surface area contributed by atoms with Crippen LogP contribution in [0.1, 0.15) is 5.56 Å². The van der Waals surface area contributed by atoms with Crippen LogP contribution in [0.5, 0.6) is 0 Å². The highest BCUT2D eigenvalue weighted by molar-refractivity contribution is 7.91. The first kappa shape index (κ1) is 10.7. The molecule has 0 saturated heterocycles. The topological polar surface area (TPSA) is 38.5 Å². The van der Waals surface area contributed by atoms with E-state index in [0.717, 1.165) is 6.07 Å². The van der Waals surface area contributed by atoms with Gasteiger partial charge in [-0.15, -0.1) is 0 Å². The fourth-order valence-corrected chi connectivity index (χ4v) is 2.22. The standard InChI is InChI=1S/C9H8FNO2S/c1-7-3-4-8(10)5-9(7)14(12,13)6-11-2/h3-5H,6H2,1H3. The fraction of sp³-hybridized carbons (Fsp3) is 0.222. The Kier molecular flexibility index (Phi) is 2.87. The van der Waals surface area contributed by atoms with Gasteiger partial charge in [-0.05, 0) is 24.6 Å². The van der Waals surface area contributed by atoms with Crippen LogP contribution in [-0.4, -0.2) is 14.3 Å². The second-order valence-corrected chi connectivity index (χ2v) is 4.74. The Morgan fingerprint density at radius 3 is 2.71 bits per heavy atom. The van der Waals surface area contributed by atoms with Gasteiger partial charge >= 0.3 is 5.88 Å². The molecule has 5 heteroatoms. The second-order valence-electron chi connectivity index (χ2n) is 2.81. The maximum atomic E-state index is 12.8. The molecule has 0 fully saturated rings. The number of sulfone groups is 1. The summed E-state index contributed by atoms with van der Waals surface area (Å²) >= 11 is 0. The molecule has 0 aliphatic carbocycles. The van der Waals surface area contributed by atoms with Gasteiger partial charge in [0, 0.05) is 0 Å². The molecule has 0 aliphatic rings. The molecular formula is C9H8FNO2S. The highest BCUT2D eigenvalue weighted by Crippen LogP contribution is 2.17. The molecule has 0 aliphatic heterocycles. The molecular weight excluding hydrogens is 205 g/mol. The summed E-state index contributed by atoms with van der Waals surface area (Å²) in [5.41, 5.74) is 0.454. The first-order valence-corrected chi connectivity index (χ1v) is 5.45. The Morgan fingerprint density at radius 2 is 2.14 bits per heavy atom. The van der Waals surface area contributed by atoms with Gasteiger partial charge < -0.3 is 0 Å². The van der Waals surface area contributed by atoms with Crippen LogP contribution in [0.2, 0.25) is 0 Å². The van der Waals surface area contributed by atoms with Crippen molar-refractivity contribution in [2.45, 2.75) is 11.8 Å². The Balaban J connectivity index is 3.33. The number of hydrogen-bond donors (Lipinski definition) is 0. The van der Waals surface area contributed by atoms with Crippen LogP contribution in [0.3, 0.4) is 0 Å². The van der Waals surface area contributed by atoms with Gasteiger partial charge in [-0.25, -0.2) is 19.4 Å². The first-order valence-electron chi connectivity index (χ1n) is 3.79. The molecule has 0 spiro atoms. The third-order valence-electron chi connectivity index (χ3n) is 1.72. The predicted octanol–water partition coefficient (Wildman–Crippen LogP) is 1.78. The molecule has 0 atom stereocenters. The van der Waals surface area contributed by atoms with Crippen LogP contribution in [0.4, 0.5) is 4.39 Å². The largest absolute Gasteiger partial charge is 0.316 e. The molecule has 0 radical (unpaired) electrons. The molecule has 74 valence electrons. The Hall–Kier alpha value is -1.41. The third kappa shape index (κ3) is 2.09. The van der Waals surface area contributed by atoms with E-state index < -0.39 is 21.5 Å². The van der Waals surface area contributed by atoms with Gasteiger partial charge in [0.1, 0.15) is 5.82 Å². The SMILES string of the molecule is [C-]#[N+]CS(=O)(=O)c1cc(F)ccc1C. The zero-order chi connectivity index (χ0) is 10.8. The molecule has 0 bridgehead atoms. The summed E-state index contributed by atoms with van der Waals surface area (Å²) in [4.78, 5) is 2.69. The average Bonchev–Trinajstić information content (AvgIpc) is 2.09. The van der Waals surface area contributed by atoms with Crippen LogP contribution < -0.4 is 0 Å². The summed E-state index contributed by atoms with van der Waals surface area (Å²) in [6, 6.07) is 3.51. The van der Waals surface area contributed by atoms with Gasteiger partial charge in [0.25, 0.3) is 9.84 Å². The van der Waals surface area contributed by atoms with Crippen molar-refractivity contribution in [1.82, 2.24) is 0 Å². The first-order chi connectivity index (χ1) is 6.47. The molecule has 1 aromatic rings. The van der Waals surface area contributed by atoms with Crippen LogP contribution in [0.25, 0.3) is 4.85 Å². The molecule has 0 unspecified atom stereocenters. The summed E-state index contributed by atoms with van der Waals surface area (Å²) < 4.78 is 35.6. The smallest absolute Gasteiger partial charge is 0.299 e. The van der Waals surface area contributed by atoms with Crippen LogP contribution in [0.15, 0.2) is 23.1 Å². The number of nitrogens with zero attached hydrogens (tertiary/aromatic N) is 1. The van der Waals surface area contributed by atoms with E-state index in [1.165, 1.54) is 12.1 Å². The van der Waals surface area contributed by atoms with Crippen molar-refractivity contribution in [2.75, 3.05) is 5.88 Å². The molecule has 14 heavy (non-hydrogen) atoms. The highest BCUT2D eigenvalue weighted by Gasteiger charge is 2.20. The lowest BCUT2D eigenvalue weighted by Gasteiger charge is -2.02. The van der Waals surface area contributed by atoms with Crippen molar-refractivity contribution in [1.29, 1.82) is 0 Å². The predicted molar refractivity (Wildman–Crippen MR) is 49.8 cm³/mol. The third-order valence-corrected chi connectivity index (χ3v) is 3.30. The van der Waals surface area contributed by atoms with E-state index in [9.17, 15) is 12.8 Å². The van der Waals surface area contributed by atoms with E-state index in [1.54, 1.807) is 6.92 Å². The van der Waals surface area contributed by atoms with E-state index in [1.807, 2.05) is 0 Å². The molecule has 3 nitrogen and oxygen atoms in total. The van der Waals surface area contributed by atoms with E-state index in [-0.39, 0.29) is 4.90 Å². The quantitative estimate of drug-likeness (QED) is 0.702. The van der Waals surface area contributed by atoms with Crippen LogP contribution in [0, 0.1) is 19.3 Å². The molecule has 0 N–H and O–H groups in total. The molecule has 0 saturated carbocycles. The average molecular weight is 213 g/mol.